The SMILES string of the molecule is CNCC(Cc1cccc(Br)c1)CC1CCCO1. The Morgan fingerprint density at radius 3 is 3.06 bits per heavy atom. The first kappa shape index (κ1) is 14.0. The number of nitrogens with one attached hydrogen (secondary N) is 1. The van der Waals surface area contributed by atoms with Crippen molar-refractivity contribution in [3.8, 4) is 0 Å². The molecule has 0 bridgehead atoms. The van der Waals surface area contributed by atoms with E-state index in [2.05, 4.69) is 45.5 Å². The first-order chi connectivity index (χ1) is 8.78. The quantitative estimate of drug-likeness (QED) is 0.869. The molecule has 1 fully saturated rings. The summed E-state index contributed by atoms with van der Waals surface area (Å²) in [5, 5.41) is 3.31. The molecule has 0 aliphatic carbocycles. The highest BCUT2D eigenvalue weighted by Gasteiger charge is 2.20. The van der Waals surface area contributed by atoms with E-state index in [-0.39, 0.29) is 0 Å². The molecule has 1 heterocycles. The molecule has 0 saturated carbocycles. The largest absolute Gasteiger partial charge is 0.378 e. The smallest absolute Gasteiger partial charge is 0.0579 e. The van der Waals surface area contributed by atoms with Crippen LogP contribution in [0.15, 0.2) is 28.7 Å². The fraction of sp³-hybridized carbons (Fsp3) is 0.600. The first-order valence-corrected chi connectivity index (χ1v) is 7.58. The lowest BCUT2D eigenvalue weighted by Gasteiger charge is -2.20. The highest BCUT2D eigenvalue weighted by atomic mass is 79.9. The van der Waals surface area contributed by atoms with Crippen molar-refractivity contribution in [2.24, 2.45) is 5.92 Å². The first-order valence-electron chi connectivity index (χ1n) is 6.78. The summed E-state index contributed by atoms with van der Waals surface area (Å²) in [6.07, 6.45) is 5.25. The van der Waals surface area contributed by atoms with Crippen LogP contribution >= 0.6 is 15.9 Å². The molecule has 2 rings (SSSR count). The maximum absolute atomic E-state index is 5.75. The fourth-order valence-corrected chi connectivity index (χ4v) is 3.17. The van der Waals surface area contributed by atoms with Gasteiger partial charge in [-0.3, -0.25) is 0 Å². The van der Waals surface area contributed by atoms with Crippen LogP contribution in [-0.2, 0) is 11.2 Å². The van der Waals surface area contributed by atoms with Crippen molar-refractivity contribution in [1.82, 2.24) is 5.32 Å². The van der Waals surface area contributed by atoms with Crippen LogP contribution in [0.1, 0.15) is 24.8 Å². The minimum Gasteiger partial charge on any atom is -0.378 e. The van der Waals surface area contributed by atoms with Crippen LogP contribution in [0.3, 0.4) is 0 Å². The summed E-state index contributed by atoms with van der Waals surface area (Å²) in [6.45, 7) is 2.01. The Balaban J connectivity index is 1.92. The molecule has 18 heavy (non-hydrogen) atoms. The molecule has 2 unspecified atom stereocenters. The van der Waals surface area contributed by atoms with E-state index in [1.165, 1.54) is 29.3 Å². The zero-order chi connectivity index (χ0) is 12.8. The molecule has 1 aromatic rings. The maximum Gasteiger partial charge on any atom is 0.0579 e. The van der Waals surface area contributed by atoms with Gasteiger partial charge in [0.2, 0.25) is 0 Å². The zero-order valence-corrected chi connectivity index (χ0v) is 12.6. The second-order valence-corrected chi connectivity index (χ2v) is 6.04. The van der Waals surface area contributed by atoms with Gasteiger partial charge in [0, 0.05) is 11.1 Å². The van der Waals surface area contributed by atoms with Crippen molar-refractivity contribution in [3.63, 3.8) is 0 Å². The molecule has 0 radical (unpaired) electrons. The third-order valence-electron chi connectivity index (χ3n) is 3.53. The summed E-state index contributed by atoms with van der Waals surface area (Å²) in [4.78, 5) is 0. The normalized spacial score (nSPS) is 21.1. The van der Waals surface area contributed by atoms with Gasteiger partial charge in [0.15, 0.2) is 0 Å². The molecule has 1 aliphatic rings. The minimum atomic E-state index is 0.482. The lowest BCUT2D eigenvalue weighted by Crippen LogP contribution is -2.25. The second kappa shape index (κ2) is 7.27. The molecule has 2 atom stereocenters. The van der Waals surface area contributed by atoms with Gasteiger partial charge in [-0.15, -0.1) is 0 Å². The highest BCUT2D eigenvalue weighted by Crippen LogP contribution is 2.23. The van der Waals surface area contributed by atoms with E-state index in [9.17, 15) is 0 Å². The molecular formula is C15H22BrNO. The van der Waals surface area contributed by atoms with Crippen molar-refractivity contribution in [1.29, 1.82) is 0 Å². The fourth-order valence-electron chi connectivity index (χ4n) is 2.73. The molecular weight excluding hydrogens is 290 g/mol. The van der Waals surface area contributed by atoms with Crippen molar-refractivity contribution in [3.05, 3.63) is 34.3 Å². The lowest BCUT2D eigenvalue weighted by molar-refractivity contribution is 0.0895. The van der Waals surface area contributed by atoms with Gasteiger partial charge in [-0.2, -0.15) is 0 Å². The molecule has 100 valence electrons. The number of benzene rings is 1. The van der Waals surface area contributed by atoms with Gasteiger partial charge in [-0.25, -0.2) is 0 Å². The Labute approximate surface area is 118 Å². The Morgan fingerprint density at radius 2 is 2.39 bits per heavy atom. The van der Waals surface area contributed by atoms with Gasteiger partial charge in [0.1, 0.15) is 0 Å². The van der Waals surface area contributed by atoms with E-state index in [0.29, 0.717) is 12.0 Å². The van der Waals surface area contributed by atoms with Gasteiger partial charge in [-0.05, 0) is 62.9 Å². The highest BCUT2D eigenvalue weighted by molar-refractivity contribution is 9.10. The van der Waals surface area contributed by atoms with Crippen molar-refractivity contribution < 1.29 is 4.74 Å². The third-order valence-corrected chi connectivity index (χ3v) is 4.02. The van der Waals surface area contributed by atoms with Gasteiger partial charge in [0.25, 0.3) is 0 Å². The van der Waals surface area contributed by atoms with E-state index in [0.717, 1.165) is 19.6 Å². The maximum atomic E-state index is 5.75. The Bertz CT molecular complexity index is 363. The average molecular weight is 312 g/mol. The second-order valence-electron chi connectivity index (χ2n) is 5.13. The van der Waals surface area contributed by atoms with E-state index in [1.54, 1.807) is 0 Å². The van der Waals surface area contributed by atoms with Crippen LogP contribution in [0.4, 0.5) is 0 Å². The standard InChI is InChI=1S/C15H22BrNO/c1-17-11-13(10-15-6-3-7-18-15)8-12-4-2-5-14(16)9-12/h2,4-5,9,13,15,17H,3,6-8,10-11H2,1H3. The summed E-state index contributed by atoms with van der Waals surface area (Å²) < 4.78 is 6.92. The van der Waals surface area contributed by atoms with Crippen molar-refractivity contribution in [2.75, 3.05) is 20.2 Å². The number of ether oxygens (including phenoxy) is 1. The number of halogens is 1. The lowest BCUT2D eigenvalue weighted by atomic mass is 9.93. The van der Waals surface area contributed by atoms with Crippen LogP contribution < -0.4 is 5.32 Å². The number of rotatable bonds is 6. The summed E-state index contributed by atoms with van der Waals surface area (Å²) in [6, 6.07) is 8.62. The van der Waals surface area contributed by atoms with Crippen LogP contribution in [0, 0.1) is 5.92 Å². The van der Waals surface area contributed by atoms with Gasteiger partial charge < -0.3 is 10.1 Å². The Hall–Kier alpha value is -0.380. The molecule has 1 aliphatic heterocycles. The summed E-state index contributed by atoms with van der Waals surface area (Å²) >= 11 is 3.54. The summed E-state index contributed by atoms with van der Waals surface area (Å²) in [5.74, 6) is 0.660. The minimum absolute atomic E-state index is 0.482. The summed E-state index contributed by atoms with van der Waals surface area (Å²) in [5.41, 5.74) is 1.41. The van der Waals surface area contributed by atoms with E-state index in [4.69, 9.17) is 4.74 Å². The topological polar surface area (TPSA) is 21.3 Å². The molecule has 1 N–H and O–H groups in total. The van der Waals surface area contributed by atoms with Gasteiger partial charge >= 0.3 is 0 Å². The Kier molecular flexibility index (Phi) is 5.67. The van der Waals surface area contributed by atoms with Gasteiger partial charge in [0.05, 0.1) is 6.10 Å². The Morgan fingerprint density at radius 1 is 1.50 bits per heavy atom. The predicted octanol–water partition coefficient (Wildman–Crippen LogP) is 3.40. The third kappa shape index (κ3) is 4.38. The van der Waals surface area contributed by atoms with E-state index >= 15 is 0 Å². The van der Waals surface area contributed by atoms with Crippen LogP contribution in [0.2, 0.25) is 0 Å². The van der Waals surface area contributed by atoms with Crippen LogP contribution in [0.5, 0.6) is 0 Å². The predicted molar refractivity (Wildman–Crippen MR) is 78.9 cm³/mol. The molecule has 0 amide bonds. The monoisotopic (exact) mass is 311 g/mol. The van der Waals surface area contributed by atoms with Gasteiger partial charge in [-0.1, -0.05) is 28.1 Å². The number of hydrogen-bond acceptors (Lipinski definition) is 2. The zero-order valence-electron chi connectivity index (χ0n) is 11.0. The van der Waals surface area contributed by atoms with E-state index < -0.39 is 0 Å². The number of hydrogen-bond donors (Lipinski definition) is 1. The van der Waals surface area contributed by atoms with E-state index in [1.807, 2.05) is 7.05 Å². The molecule has 1 aromatic carbocycles. The van der Waals surface area contributed by atoms with Crippen LogP contribution in [-0.4, -0.2) is 26.3 Å². The molecule has 1 saturated heterocycles. The van der Waals surface area contributed by atoms with Crippen LogP contribution in [0.25, 0.3) is 0 Å². The molecule has 0 spiro atoms. The average Bonchev–Trinajstić information content (AvgIpc) is 2.82. The molecule has 0 aromatic heterocycles. The van der Waals surface area contributed by atoms with Crippen molar-refractivity contribution >= 4 is 15.9 Å². The summed E-state index contributed by atoms with van der Waals surface area (Å²) in [7, 11) is 2.03. The molecule has 2 nitrogen and oxygen atoms in total. The molecule has 3 heteroatoms. The van der Waals surface area contributed by atoms with Crippen molar-refractivity contribution in [2.45, 2.75) is 31.8 Å².